The highest BCUT2D eigenvalue weighted by Crippen LogP contribution is 1.85. The third kappa shape index (κ3) is 14.9. The van der Waals surface area contributed by atoms with Crippen LogP contribution in [0.3, 0.4) is 0 Å². The fourth-order valence-corrected chi connectivity index (χ4v) is 1.38. The fourth-order valence-electron chi connectivity index (χ4n) is 1.38. The van der Waals surface area contributed by atoms with Crippen LogP contribution >= 0.6 is 0 Å². The third-order valence-corrected chi connectivity index (χ3v) is 2.45. The van der Waals surface area contributed by atoms with Crippen molar-refractivity contribution in [3.8, 4) is 0 Å². The molecule has 0 aliphatic rings. The first-order valence-corrected chi connectivity index (χ1v) is 7.23. The van der Waals surface area contributed by atoms with Gasteiger partial charge in [-0.05, 0) is 6.92 Å². The zero-order chi connectivity index (χ0) is 16.6. The number of rotatable bonds is 14. The number of carbonyl (C=O) groups excluding carboxylic acids is 3. The number of nitrogens with one attached hydrogen (secondary N) is 2. The van der Waals surface area contributed by atoms with Crippen LogP contribution in [0.4, 0.5) is 0 Å². The van der Waals surface area contributed by atoms with Crippen molar-refractivity contribution < 1.29 is 28.6 Å². The molecule has 0 unspecified atom stereocenters. The van der Waals surface area contributed by atoms with Gasteiger partial charge in [0.25, 0.3) is 0 Å². The van der Waals surface area contributed by atoms with Gasteiger partial charge in [-0.25, -0.2) is 0 Å². The van der Waals surface area contributed by atoms with Crippen molar-refractivity contribution >= 4 is 17.6 Å². The van der Waals surface area contributed by atoms with Gasteiger partial charge in [-0.3, -0.25) is 14.4 Å². The number of hydrogen-bond acceptors (Lipinski definition) is 6. The molecular weight excluding hydrogens is 292 g/mol. The Morgan fingerprint density at radius 2 is 1.50 bits per heavy atom. The fraction of sp³-hybridized carbons (Fsp3) is 0.786. The number of amides is 2. The van der Waals surface area contributed by atoms with E-state index in [1.165, 1.54) is 6.92 Å². The second kappa shape index (κ2) is 14.4. The Balaban J connectivity index is 3.39. The number of carbonyl (C=O) groups is 3. The average molecular weight is 318 g/mol. The molecule has 8 nitrogen and oxygen atoms in total. The van der Waals surface area contributed by atoms with E-state index in [0.29, 0.717) is 26.4 Å². The van der Waals surface area contributed by atoms with Crippen molar-refractivity contribution in [2.75, 3.05) is 53.2 Å². The van der Waals surface area contributed by atoms with Gasteiger partial charge in [0.1, 0.15) is 6.61 Å². The van der Waals surface area contributed by atoms with Crippen LogP contribution in [0.2, 0.25) is 0 Å². The predicted molar refractivity (Wildman–Crippen MR) is 79.4 cm³/mol. The number of ketones is 1. The summed E-state index contributed by atoms with van der Waals surface area (Å²) >= 11 is 0. The quantitative estimate of drug-likeness (QED) is 0.409. The van der Waals surface area contributed by atoms with Gasteiger partial charge in [-0.2, -0.15) is 0 Å². The van der Waals surface area contributed by atoms with Gasteiger partial charge < -0.3 is 24.8 Å². The summed E-state index contributed by atoms with van der Waals surface area (Å²) in [5.74, 6) is -0.390. The Kier molecular flexibility index (Phi) is 13.4. The van der Waals surface area contributed by atoms with Crippen molar-refractivity contribution in [2.45, 2.75) is 19.8 Å². The van der Waals surface area contributed by atoms with Crippen LogP contribution in [0.5, 0.6) is 0 Å². The maximum Gasteiger partial charge on any atom is 0.222 e. The topological polar surface area (TPSA) is 103 Å². The normalized spacial score (nSPS) is 10.3. The monoisotopic (exact) mass is 318 g/mol. The first kappa shape index (κ1) is 20.5. The molecule has 0 spiro atoms. The molecule has 0 aromatic heterocycles. The van der Waals surface area contributed by atoms with E-state index in [2.05, 4.69) is 10.6 Å². The third-order valence-electron chi connectivity index (χ3n) is 2.45. The maximum atomic E-state index is 11.4. The Hall–Kier alpha value is -1.51. The van der Waals surface area contributed by atoms with Crippen molar-refractivity contribution in [2.24, 2.45) is 0 Å². The van der Waals surface area contributed by atoms with Crippen molar-refractivity contribution in [3.05, 3.63) is 0 Å². The zero-order valence-electron chi connectivity index (χ0n) is 13.3. The lowest BCUT2D eigenvalue weighted by molar-refractivity contribution is -0.123. The molecule has 128 valence electrons. The minimum absolute atomic E-state index is 0.0539. The number of Topliss-reactive ketones (excluding diaryl/α,β-unsaturated/α-hetero) is 1. The van der Waals surface area contributed by atoms with Gasteiger partial charge >= 0.3 is 0 Å². The first-order chi connectivity index (χ1) is 10.6. The van der Waals surface area contributed by atoms with Crippen LogP contribution in [0.15, 0.2) is 0 Å². The Bertz CT molecular complexity index is 335. The number of ether oxygens (including phenoxy) is 3. The summed E-state index contributed by atoms with van der Waals surface area (Å²) in [5.41, 5.74) is 0. The molecule has 0 radical (unpaired) electrons. The van der Waals surface area contributed by atoms with Crippen LogP contribution < -0.4 is 10.6 Å². The average Bonchev–Trinajstić information content (AvgIpc) is 2.46. The van der Waals surface area contributed by atoms with Crippen LogP contribution in [-0.4, -0.2) is 70.8 Å². The van der Waals surface area contributed by atoms with E-state index in [-0.39, 0.29) is 50.2 Å². The first-order valence-electron chi connectivity index (χ1n) is 7.23. The molecule has 0 atom stereocenters. The second-order valence-corrected chi connectivity index (χ2v) is 4.56. The Morgan fingerprint density at radius 1 is 0.818 bits per heavy atom. The van der Waals surface area contributed by atoms with E-state index >= 15 is 0 Å². The molecule has 0 aliphatic heterocycles. The highest BCUT2D eigenvalue weighted by molar-refractivity contribution is 5.79. The lowest BCUT2D eigenvalue weighted by Crippen LogP contribution is -2.32. The summed E-state index contributed by atoms with van der Waals surface area (Å²) in [6.45, 7) is 3.67. The van der Waals surface area contributed by atoms with Gasteiger partial charge in [-0.1, -0.05) is 0 Å². The molecular formula is C14H26N2O6. The van der Waals surface area contributed by atoms with Gasteiger partial charge in [-0.15, -0.1) is 0 Å². The lowest BCUT2D eigenvalue weighted by atomic mass is 10.3. The van der Waals surface area contributed by atoms with Crippen molar-refractivity contribution in [1.29, 1.82) is 0 Å². The van der Waals surface area contributed by atoms with E-state index in [4.69, 9.17) is 14.2 Å². The smallest absolute Gasteiger partial charge is 0.222 e. The van der Waals surface area contributed by atoms with Crippen molar-refractivity contribution in [3.63, 3.8) is 0 Å². The summed E-state index contributed by atoms with van der Waals surface area (Å²) in [6, 6.07) is 0. The van der Waals surface area contributed by atoms with Crippen LogP contribution in [-0.2, 0) is 28.6 Å². The van der Waals surface area contributed by atoms with Crippen LogP contribution in [0, 0.1) is 0 Å². The number of hydrogen-bond donors (Lipinski definition) is 2. The molecule has 0 aliphatic carbocycles. The molecule has 0 aromatic rings. The standard InChI is InChI=1S/C14H26N2O6/c1-12(17)11-22-8-6-16-13(18)3-5-15-14(19)4-7-21-10-9-20-2/h3-11H2,1-2H3,(H,15,19)(H,16,18). The van der Waals surface area contributed by atoms with E-state index in [0.717, 1.165) is 0 Å². The maximum absolute atomic E-state index is 11.4. The summed E-state index contributed by atoms with van der Waals surface area (Å²) in [5, 5.41) is 5.27. The summed E-state index contributed by atoms with van der Waals surface area (Å²) in [4.78, 5) is 33.4. The highest BCUT2D eigenvalue weighted by atomic mass is 16.5. The molecule has 0 saturated carbocycles. The van der Waals surface area contributed by atoms with E-state index in [1.54, 1.807) is 7.11 Å². The molecule has 8 heteroatoms. The van der Waals surface area contributed by atoms with Gasteiger partial charge in [0, 0.05) is 33.0 Å². The minimum Gasteiger partial charge on any atom is -0.382 e. The Morgan fingerprint density at radius 3 is 2.18 bits per heavy atom. The molecule has 22 heavy (non-hydrogen) atoms. The van der Waals surface area contributed by atoms with Gasteiger partial charge in [0.2, 0.25) is 11.8 Å². The SMILES string of the molecule is COCCOCCC(=O)NCCC(=O)NCCOCC(C)=O. The zero-order valence-corrected chi connectivity index (χ0v) is 13.3. The summed E-state index contributed by atoms with van der Waals surface area (Å²) in [7, 11) is 1.58. The molecule has 0 heterocycles. The molecule has 0 saturated heterocycles. The Labute approximate surface area is 130 Å². The second-order valence-electron chi connectivity index (χ2n) is 4.56. The predicted octanol–water partition coefficient (Wildman–Crippen LogP) is -0.732. The molecule has 2 N–H and O–H groups in total. The summed E-state index contributed by atoms with van der Waals surface area (Å²) < 4.78 is 15.0. The highest BCUT2D eigenvalue weighted by Gasteiger charge is 2.04. The van der Waals surface area contributed by atoms with Crippen molar-refractivity contribution in [1.82, 2.24) is 10.6 Å². The molecule has 0 rings (SSSR count). The van der Waals surface area contributed by atoms with E-state index in [1.807, 2.05) is 0 Å². The molecule has 2 amide bonds. The van der Waals surface area contributed by atoms with E-state index < -0.39 is 0 Å². The van der Waals surface area contributed by atoms with Gasteiger partial charge in [0.15, 0.2) is 5.78 Å². The van der Waals surface area contributed by atoms with Gasteiger partial charge in [0.05, 0.1) is 26.4 Å². The van der Waals surface area contributed by atoms with E-state index in [9.17, 15) is 14.4 Å². The largest absolute Gasteiger partial charge is 0.382 e. The summed E-state index contributed by atoms with van der Waals surface area (Å²) in [6.07, 6.45) is 0.452. The molecule has 0 fully saturated rings. The minimum atomic E-state index is -0.178. The van der Waals surface area contributed by atoms with Crippen LogP contribution in [0.25, 0.3) is 0 Å². The lowest BCUT2D eigenvalue weighted by Gasteiger charge is -2.07. The molecule has 0 aromatic carbocycles. The number of methoxy groups -OCH3 is 1. The van der Waals surface area contributed by atoms with Crippen LogP contribution in [0.1, 0.15) is 19.8 Å². The molecule has 0 bridgehead atoms.